The van der Waals surface area contributed by atoms with Gasteiger partial charge in [0.2, 0.25) is 0 Å². The van der Waals surface area contributed by atoms with Crippen molar-refractivity contribution in [2.24, 2.45) is 0 Å². The van der Waals surface area contributed by atoms with Crippen molar-refractivity contribution in [1.29, 1.82) is 0 Å². The number of aryl methyl sites for hydroxylation is 2. The van der Waals surface area contributed by atoms with Gasteiger partial charge in [-0.3, -0.25) is 0 Å². The average Bonchev–Trinajstić information content (AvgIpc) is 2.81. The first-order valence-electron chi connectivity index (χ1n) is 6.43. The standard InChI is InChI=1S/C16H21NO/c1-11-5-6-16(12(2)9-11)14(4)17-13(3)15-7-8-18-10-15/h5-10,13-14,17H,1-4H3. The molecule has 2 aromatic rings. The maximum Gasteiger partial charge on any atom is 0.0950 e. The molecule has 1 aromatic carbocycles. The zero-order valence-electron chi connectivity index (χ0n) is 11.5. The Kier molecular flexibility index (Phi) is 3.87. The summed E-state index contributed by atoms with van der Waals surface area (Å²) in [5.41, 5.74) is 5.20. The Hall–Kier alpha value is -1.54. The van der Waals surface area contributed by atoms with Gasteiger partial charge < -0.3 is 9.73 Å². The molecule has 0 spiro atoms. The molecule has 2 rings (SSSR count). The molecule has 1 N–H and O–H groups in total. The predicted molar refractivity (Wildman–Crippen MR) is 74.6 cm³/mol. The van der Waals surface area contributed by atoms with Crippen LogP contribution in [0.15, 0.2) is 41.2 Å². The second-order valence-electron chi connectivity index (χ2n) is 5.03. The van der Waals surface area contributed by atoms with Crippen LogP contribution in [0.5, 0.6) is 0 Å². The highest BCUT2D eigenvalue weighted by molar-refractivity contribution is 5.32. The van der Waals surface area contributed by atoms with Gasteiger partial charge >= 0.3 is 0 Å². The quantitative estimate of drug-likeness (QED) is 0.865. The molecule has 0 radical (unpaired) electrons. The highest BCUT2D eigenvalue weighted by Crippen LogP contribution is 2.22. The maximum atomic E-state index is 5.12. The number of furan rings is 1. The Morgan fingerprint density at radius 1 is 1.06 bits per heavy atom. The third-order valence-electron chi connectivity index (χ3n) is 3.43. The van der Waals surface area contributed by atoms with Gasteiger partial charge in [0.05, 0.1) is 12.5 Å². The Bertz CT molecular complexity index is 502. The zero-order chi connectivity index (χ0) is 13.1. The minimum absolute atomic E-state index is 0.291. The van der Waals surface area contributed by atoms with Crippen molar-refractivity contribution in [2.75, 3.05) is 0 Å². The second-order valence-corrected chi connectivity index (χ2v) is 5.03. The molecule has 0 aliphatic heterocycles. The molecule has 96 valence electrons. The summed E-state index contributed by atoms with van der Waals surface area (Å²) in [7, 11) is 0. The molecule has 2 heteroatoms. The molecule has 2 unspecified atom stereocenters. The Morgan fingerprint density at radius 3 is 2.44 bits per heavy atom. The predicted octanol–water partition coefficient (Wildman–Crippen LogP) is 4.31. The second kappa shape index (κ2) is 5.40. The molecule has 0 fully saturated rings. The van der Waals surface area contributed by atoms with Crippen LogP contribution in [0.2, 0.25) is 0 Å². The van der Waals surface area contributed by atoms with E-state index >= 15 is 0 Å². The lowest BCUT2D eigenvalue weighted by atomic mass is 9.99. The molecule has 0 amide bonds. The maximum absolute atomic E-state index is 5.12. The van der Waals surface area contributed by atoms with Crippen molar-refractivity contribution in [1.82, 2.24) is 5.32 Å². The van der Waals surface area contributed by atoms with Crippen LogP contribution in [0, 0.1) is 13.8 Å². The van der Waals surface area contributed by atoms with Crippen LogP contribution in [0.4, 0.5) is 0 Å². The molecular weight excluding hydrogens is 222 g/mol. The van der Waals surface area contributed by atoms with E-state index in [1.165, 1.54) is 22.3 Å². The molecule has 18 heavy (non-hydrogen) atoms. The fourth-order valence-corrected chi connectivity index (χ4v) is 2.39. The number of rotatable bonds is 4. The van der Waals surface area contributed by atoms with E-state index in [4.69, 9.17) is 4.42 Å². The lowest BCUT2D eigenvalue weighted by molar-refractivity contribution is 0.485. The molecule has 0 bridgehead atoms. The van der Waals surface area contributed by atoms with Crippen LogP contribution in [-0.4, -0.2) is 0 Å². The van der Waals surface area contributed by atoms with Crippen LogP contribution in [0.25, 0.3) is 0 Å². The summed E-state index contributed by atoms with van der Waals surface area (Å²) in [5.74, 6) is 0. The topological polar surface area (TPSA) is 25.2 Å². The minimum atomic E-state index is 0.291. The van der Waals surface area contributed by atoms with E-state index in [0.29, 0.717) is 12.1 Å². The number of benzene rings is 1. The molecular formula is C16H21NO. The first-order valence-corrected chi connectivity index (χ1v) is 6.43. The normalized spacial score (nSPS) is 14.4. The van der Waals surface area contributed by atoms with Gasteiger partial charge in [0, 0.05) is 17.6 Å². The van der Waals surface area contributed by atoms with Gasteiger partial charge in [0.1, 0.15) is 0 Å². The number of nitrogens with one attached hydrogen (secondary N) is 1. The van der Waals surface area contributed by atoms with E-state index in [-0.39, 0.29) is 0 Å². The summed E-state index contributed by atoms with van der Waals surface area (Å²) in [6, 6.07) is 9.24. The van der Waals surface area contributed by atoms with Crippen molar-refractivity contribution in [2.45, 2.75) is 39.8 Å². The van der Waals surface area contributed by atoms with Gasteiger partial charge in [-0.1, -0.05) is 23.8 Å². The Balaban J connectivity index is 2.10. The summed E-state index contributed by atoms with van der Waals surface area (Å²) in [5, 5.41) is 3.60. The molecule has 1 aromatic heterocycles. The van der Waals surface area contributed by atoms with E-state index in [2.05, 4.69) is 51.2 Å². The van der Waals surface area contributed by atoms with Crippen LogP contribution in [-0.2, 0) is 0 Å². The van der Waals surface area contributed by atoms with Crippen LogP contribution >= 0.6 is 0 Å². The molecule has 2 nitrogen and oxygen atoms in total. The van der Waals surface area contributed by atoms with E-state index in [9.17, 15) is 0 Å². The van der Waals surface area contributed by atoms with Gasteiger partial charge in [0.25, 0.3) is 0 Å². The summed E-state index contributed by atoms with van der Waals surface area (Å²) in [6.45, 7) is 8.66. The molecule has 0 saturated carbocycles. The van der Waals surface area contributed by atoms with Crippen molar-refractivity contribution in [3.8, 4) is 0 Å². The summed E-state index contributed by atoms with van der Waals surface area (Å²) >= 11 is 0. The Labute approximate surface area is 109 Å². The van der Waals surface area contributed by atoms with Crippen molar-refractivity contribution < 1.29 is 4.42 Å². The summed E-state index contributed by atoms with van der Waals surface area (Å²) in [6.07, 6.45) is 3.52. The van der Waals surface area contributed by atoms with E-state index in [1.807, 2.05) is 6.07 Å². The first-order chi connectivity index (χ1) is 8.58. The highest BCUT2D eigenvalue weighted by Gasteiger charge is 2.13. The molecule has 1 heterocycles. The SMILES string of the molecule is Cc1ccc(C(C)NC(C)c2ccoc2)c(C)c1. The zero-order valence-corrected chi connectivity index (χ0v) is 11.5. The summed E-state index contributed by atoms with van der Waals surface area (Å²) in [4.78, 5) is 0. The fraction of sp³-hybridized carbons (Fsp3) is 0.375. The third kappa shape index (κ3) is 2.82. The van der Waals surface area contributed by atoms with Crippen molar-refractivity contribution >= 4 is 0 Å². The van der Waals surface area contributed by atoms with Crippen LogP contribution in [0.1, 0.15) is 48.2 Å². The summed E-state index contributed by atoms with van der Waals surface area (Å²) < 4.78 is 5.12. The third-order valence-corrected chi connectivity index (χ3v) is 3.43. The highest BCUT2D eigenvalue weighted by atomic mass is 16.3. The molecule has 0 aliphatic carbocycles. The van der Waals surface area contributed by atoms with Crippen LogP contribution < -0.4 is 5.32 Å². The lowest BCUT2D eigenvalue weighted by Crippen LogP contribution is -2.22. The smallest absolute Gasteiger partial charge is 0.0950 e. The minimum Gasteiger partial charge on any atom is -0.472 e. The van der Waals surface area contributed by atoms with E-state index in [1.54, 1.807) is 12.5 Å². The van der Waals surface area contributed by atoms with Crippen LogP contribution in [0.3, 0.4) is 0 Å². The monoisotopic (exact) mass is 243 g/mol. The van der Waals surface area contributed by atoms with Gasteiger partial charge in [-0.25, -0.2) is 0 Å². The molecule has 2 atom stereocenters. The van der Waals surface area contributed by atoms with Gasteiger partial charge in [-0.15, -0.1) is 0 Å². The first kappa shape index (κ1) is 12.9. The largest absolute Gasteiger partial charge is 0.472 e. The average molecular weight is 243 g/mol. The number of hydrogen-bond donors (Lipinski definition) is 1. The number of hydrogen-bond acceptors (Lipinski definition) is 2. The molecule has 0 saturated heterocycles. The van der Waals surface area contributed by atoms with Gasteiger partial charge in [-0.05, 0) is 44.9 Å². The van der Waals surface area contributed by atoms with Crippen molar-refractivity contribution in [3.05, 3.63) is 59.0 Å². The van der Waals surface area contributed by atoms with E-state index < -0.39 is 0 Å². The van der Waals surface area contributed by atoms with Gasteiger partial charge in [0.15, 0.2) is 0 Å². The molecule has 0 aliphatic rings. The Morgan fingerprint density at radius 2 is 1.83 bits per heavy atom. The van der Waals surface area contributed by atoms with Gasteiger partial charge in [-0.2, -0.15) is 0 Å². The van der Waals surface area contributed by atoms with E-state index in [0.717, 1.165) is 0 Å². The van der Waals surface area contributed by atoms with Crippen molar-refractivity contribution in [3.63, 3.8) is 0 Å². The fourth-order valence-electron chi connectivity index (χ4n) is 2.39. The lowest BCUT2D eigenvalue weighted by Gasteiger charge is -2.21.